The first-order valence-electron chi connectivity index (χ1n) is 7.45. The number of hydrogen-bond donors (Lipinski definition) is 1. The molecule has 1 atom stereocenters. The van der Waals surface area contributed by atoms with Crippen LogP contribution >= 0.6 is 0 Å². The van der Waals surface area contributed by atoms with E-state index in [1.165, 1.54) is 27.8 Å². The van der Waals surface area contributed by atoms with Crippen molar-refractivity contribution >= 4 is 0 Å². The molecule has 0 radical (unpaired) electrons. The predicted molar refractivity (Wildman–Crippen MR) is 88.9 cm³/mol. The molecule has 21 heavy (non-hydrogen) atoms. The largest absolute Gasteiger partial charge is 0.497 e. The maximum Gasteiger partial charge on any atom is 0.119 e. The fourth-order valence-corrected chi connectivity index (χ4v) is 2.77. The summed E-state index contributed by atoms with van der Waals surface area (Å²) in [6.07, 6.45) is 0. The fraction of sp³-hybridized carbons (Fsp3) is 0.368. The Kier molecular flexibility index (Phi) is 5.03. The fourth-order valence-electron chi connectivity index (χ4n) is 2.77. The molecule has 0 bridgehead atoms. The first-order valence-corrected chi connectivity index (χ1v) is 7.45. The topological polar surface area (TPSA) is 21.3 Å². The first-order chi connectivity index (χ1) is 10.0. The lowest BCUT2D eigenvalue weighted by Gasteiger charge is -2.18. The van der Waals surface area contributed by atoms with E-state index < -0.39 is 0 Å². The van der Waals surface area contributed by atoms with Crippen molar-refractivity contribution in [2.45, 2.75) is 40.3 Å². The normalized spacial score (nSPS) is 12.2. The molecule has 0 fully saturated rings. The molecule has 2 nitrogen and oxygen atoms in total. The molecule has 2 heteroatoms. The highest BCUT2D eigenvalue weighted by Crippen LogP contribution is 2.21. The summed E-state index contributed by atoms with van der Waals surface area (Å²) in [6.45, 7) is 9.60. The van der Waals surface area contributed by atoms with E-state index in [0.29, 0.717) is 6.04 Å². The predicted octanol–water partition coefficient (Wildman–Crippen LogP) is 4.47. The van der Waals surface area contributed by atoms with Crippen molar-refractivity contribution in [3.05, 3.63) is 64.2 Å². The summed E-state index contributed by atoms with van der Waals surface area (Å²) in [5, 5.41) is 3.61. The Morgan fingerprint density at radius 1 is 1.05 bits per heavy atom. The van der Waals surface area contributed by atoms with Crippen LogP contribution in [-0.4, -0.2) is 7.11 Å². The quantitative estimate of drug-likeness (QED) is 0.874. The highest BCUT2D eigenvalue weighted by molar-refractivity contribution is 5.37. The number of rotatable bonds is 5. The average molecular weight is 283 g/mol. The molecule has 0 aliphatic carbocycles. The molecule has 0 saturated carbocycles. The molecule has 0 amide bonds. The smallest absolute Gasteiger partial charge is 0.119 e. The Hall–Kier alpha value is -1.80. The average Bonchev–Trinajstić information content (AvgIpc) is 2.46. The molecule has 2 aromatic carbocycles. The van der Waals surface area contributed by atoms with Gasteiger partial charge in [0, 0.05) is 12.6 Å². The van der Waals surface area contributed by atoms with Crippen LogP contribution in [0.1, 0.15) is 40.8 Å². The van der Waals surface area contributed by atoms with Crippen LogP contribution in [-0.2, 0) is 6.54 Å². The van der Waals surface area contributed by atoms with Crippen LogP contribution < -0.4 is 10.1 Å². The van der Waals surface area contributed by atoms with Gasteiger partial charge in [-0.15, -0.1) is 0 Å². The van der Waals surface area contributed by atoms with Crippen molar-refractivity contribution in [2.24, 2.45) is 0 Å². The second-order valence-corrected chi connectivity index (χ2v) is 5.76. The van der Waals surface area contributed by atoms with Crippen LogP contribution in [0, 0.1) is 20.8 Å². The summed E-state index contributed by atoms with van der Waals surface area (Å²) in [5.74, 6) is 0.906. The van der Waals surface area contributed by atoms with Crippen LogP contribution in [0.15, 0.2) is 36.4 Å². The van der Waals surface area contributed by atoms with Crippen molar-refractivity contribution in [1.82, 2.24) is 5.32 Å². The lowest BCUT2D eigenvalue weighted by molar-refractivity contribution is 0.413. The van der Waals surface area contributed by atoms with Gasteiger partial charge in [0.15, 0.2) is 0 Å². The number of ether oxygens (including phenoxy) is 1. The van der Waals surface area contributed by atoms with Crippen molar-refractivity contribution in [1.29, 1.82) is 0 Å². The maximum atomic E-state index is 5.29. The van der Waals surface area contributed by atoms with Crippen molar-refractivity contribution in [2.75, 3.05) is 7.11 Å². The molecule has 0 aliphatic rings. The van der Waals surface area contributed by atoms with E-state index in [0.717, 1.165) is 12.3 Å². The van der Waals surface area contributed by atoms with Crippen molar-refractivity contribution < 1.29 is 4.74 Å². The van der Waals surface area contributed by atoms with Gasteiger partial charge in [-0.05, 0) is 62.1 Å². The van der Waals surface area contributed by atoms with Crippen molar-refractivity contribution in [3.8, 4) is 5.75 Å². The van der Waals surface area contributed by atoms with E-state index >= 15 is 0 Å². The van der Waals surface area contributed by atoms with E-state index in [1.807, 2.05) is 12.1 Å². The van der Waals surface area contributed by atoms with Crippen LogP contribution in [0.25, 0.3) is 0 Å². The van der Waals surface area contributed by atoms with E-state index in [2.05, 4.69) is 57.3 Å². The Balaban J connectivity index is 2.09. The second-order valence-electron chi connectivity index (χ2n) is 5.76. The molecule has 0 aliphatic heterocycles. The van der Waals surface area contributed by atoms with Crippen LogP contribution in [0.4, 0.5) is 0 Å². The summed E-state index contributed by atoms with van der Waals surface area (Å²) in [6, 6.07) is 13.0. The van der Waals surface area contributed by atoms with Gasteiger partial charge in [-0.1, -0.05) is 29.8 Å². The molecule has 1 unspecified atom stereocenters. The number of nitrogens with one attached hydrogen (secondary N) is 1. The minimum atomic E-state index is 0.292. The number of methoxy groups -OCH3 is 1. The molecule has 0 aromatic heterocycles. The molecular weight excluding hydrogens is 258 g/mol. The summed E-state index contributed by atoms with van der Waals surface area (Å²) < 4.78 is 5.29. The number of aryl methyl sites for hydroxylation is 3. The van der Waals surface area contributed by atoms with Gasteiger partial charge in [0.05, 0.1) is 7.11 Å². The summed E-state index contributed by atoms with van der Waals surface area (Å²) in [7, 11) is 1.70. The van der Waals surface area contributed by atoms with E-state index in [4.69, 9.17) is 4.74 Å². The van der Waals surface area contributed by atoms with Gasteiger partial charge in [-0.3, -0.25) is 0 Å². The third-order valence-electron chi connectivity index (χ3n) is 4.02. The van der Waals surface area contributed by atoms with E-state index in [9.17, 15) is 0 Å². The molecular formula is C19H25NO. The lowest BCUT2D eigenvalue weighted by atomic mass is 9.99. The first kappa shape index (κ1) is 15.6. The Labute approximate surface area is 128 Å². The summed E-state index contributed by atoms with van der Waals surface area (Å²) in [5.41, 5.74) is 6.69. The Morgan fingerprint density at radius 3 is 2.33 bits per heavy atom. The van der Waals surface area contributed by atoms with Gasteiger partial charge in [0.1, 0.15) is 5.75 Å². The SMILES string of the molecule is COc1cccc(C(C)NCc2c(C)cc(C)cc2C)c1. The maximum absolute atomic E-state index is 5.29. The lowest BCUT2D eigenvalue weighted by Crippen LogP contribution is -2.19. The molecule has 0 saturated heterocycles. The van der Waals surface area contributed by atoms with Crippen LogP contribution in [0.5, 0.6) is 5.75 Å². The summed E-state index contributed by atoms with van der Waals surface area (Å²) in [4.78, 5) is 0. The summed E-state index contributed by atoms with van der Waals surface area (Å²) >= 11 is 0. The van der Waals surface area contributed by atoms with Gasteiger partial charge >= 0.3 is 0 Å². The van der Waals surface area contributed by atoms with E-state index in [-0.39, 0.29) is 0 Å². The van der Waals surface area contributed by atoms with Gasteiger partial charge in [0.2, 0.25) is 0 Å². The Morgan fingerprint density at radius 2 is 1.71 bits per heavy atom. The highest BCUT2D eigenvalue weighted by atomic mass is 16.5. The third-order valence-corrected chi connectivity index (χ3v) is 4.02. The van der Waals surface area contributed by atoms with Gasteiger partial charge < -0.3 is 10.1 Å². The van der Waals surface area contributed by atoms with Gasteiger partial charge in [-0.25, -0.2) is 0 Å². The minimum Gasteiger partial charge on any atom is -0.497 e. The number of hydrogen-bond acceptors (Lipinski definition) is 2. The zero-order chi connectivity index (χ0) is 15.4. The van der Waals surface area contributed by atoms with E-state index in [1.54, 1.807) is 7.11 Å². The molecule has 2 aromatic rings. The zero-order valence-corrected chi connectivity index (χ0v) is 13.7. The molecule has 1 N–H and O–H groups in total. The Bertz CT molecular complexity index is 596. The van der Waals surface area contributed by atoms with Crippen LogP contribution in [0.2, 0.25) is 0 Å². The minimum absolute atomic E-state index is 0.292. The van der Waals surface area contributed by atoms with Crippen LogP contribution in [0.3, 0.4) is 0 Å². The standard InChI is InChI=1S/C19H25NO/c1-13-9-14(2)19(15(3)10-13)12-20-16(4)17-7-6-8-18(11-17)21-5/h6-11,16,20H,12H2,1-5H3. The van der Waals surface area contributed by atoms with Gasteiger partial charge in [-0.2, -0.15) is 0 Å². The monoisotopic (exact) mass is 283 g/mol. The third kappa shape index (κ3) is 3.85. The zero-order valence-electron chi connectivity index (χ0n) is 13.7. The van der Waals surface area contributed by atoms with Crippen molar-refractivity contribution in [3.63, 3.8) is 0 Å². The molecule has 112 valence electrons. The number of benzene rings is 2. The molecule has 2 rings (SSSR count). The molecule has 0 spiro atoms. The highest BCUT2D eigenvalue weighted by Gasteiger charge is 2.09. The van der Waals surface area contributed by atoms with Gasteiger partial charge in [0.25, 0.3) is 0 Å². The second kappa shape index (κ2) is 6.77. The molecule has 0 heterocycles.